The molecule has 1 atom stereocenters. The van der Waals surface area contributed by atoms with Gasteiger partial charge >= 0.3 is 0 Å². The summed E-state index contributed by atoms with van der Waals surface area (Å²) in [4.78, 5) is 0. The first kappa shape index (κ1) is 9.17. The number of hydrogen-bond donors (Lipinski definition) is 1. The molecule has 9 heavy (non-hydrogen) atoms. The van der Waals surface area contributed by atoms with E-state index in [1.165, 1.54) is 0 Å². The second kappa shape index (κ2) is 4.99. The molecule has 0 amide bonds. The van der Waals surface area contributed by atoms with E-state index in [1.54, 1.807) is 6.92 Å². The van der Waals surface area contributed by atoms with E-state index in [2.05, 4.69) is 0 Å². The zero-order valence-corrected chi connectivity index (χ0v) is 6.00. The minimum absolute atomic E-state index is 0.0142. The number of thioether (sulfide) groups is 1. The first-order valence-corrected chi connectivity index (χ1v) is 3.72. The third-order valence-corrected chi connectivity index (χ3v) is 1.83. The lowest BCUT2D eigenvalue weighted by Gasteiger charge is -2.04. The van der Waals surface area contributed by atoms with Gasteiger partial charge in [0.15, 0.2) is 0 Å². The van der Waals surface area contributed by atoms with Gasteiger partial charge in [-0.3, -0.25) is 0 Å². The first-order chi connectivity index (χ1) is 4.16. The maximum Gasteiger partial charge on any atom is 0.284 e. The van der Waals surface area contributed by atoms with Crippen molar-refractivity contribution in [2.75, 3.05) is 12.4 Å². The van der Waals surface area contributed by atoms with Crippen LogP contribution in [0.25, 0.3) is 0 Å². The molecule has 0 rings (SSSR count). The molecule has 0 spiro atoms. The highest BCUT2D eigenvalue weighted by Gasteiger charge is 2.05. The van der Waals surface area contributed by atoms with Crippen molar-refractivity contribution < 1.29 is 13.9 Å². The lowest BCUT2D eigenvalue weighted by molar-refractivity contribution is 0.241. The van der Waals surface area contributed by atoms with E-state index in [4.69, 9.17) is 5.11 Å². The summed E-state index contributed by atoms with van der Waals surface area (Å²) in [7, 11) is 0. The number of alkyl halides is 2. The van der Waals surface area contributed by atoms with Crippen LogP contribution in [0.5, 0.6) is 0 Å². The van der Waals surface area contributed by atoms with Crippen LogP contribution in [0.15, 0.2) is 0 Å². The van der Waals surface area contributed by atoms with Crippen molar-refractivity contribution in [2.24, 2.45) is 5.92 Å². The van der Waals surface area contributed by atoms with Crippen LogP contribution in [-0.4, -0.2) is 23.2 Å². The van der Waals surface area contributed by atoms with E-state index >= 15 is 0 Å². The van der Waals surface area contributed by atoms with Crippen LogP contribution in [-0.2, 0) is 0 Å². The maximum absolute atomic E-state index is 11.4. The predicted molar refractivity (Wildman–Crippen MR) is 34.7 cm³/mol. The lowest BCUT2D eigenvalue weighted by Crippen LogP contribution is -2.04. The molecule has 0 aromatic heterocycles. The molecule has 0 heterocycles. The van der Waals surface area contributed by atoms with Gasteiger partial charge in [0, 0.05) is 12.4 Å². The van der Waals surface area contributed by atoms with E-state index < -0.39 is 5.76 Å². The molecule has 0 bridgehead atoms. The molecule has 1 nitrogen and oxygen atoms in total. The summed E-state index contributed by atoms with van der Waals surface area (Å²) in [5.74, 6) is -2.00. The van der Waals surface area contributed by atoms with E-state index in [0.717, 1.165) is 0 Å². The standard InChI is InChI=1S/C5H10F2OS/c1-4(2-8)3-9-5(6)7/h4-5,8H,2-3H2,1H3. The second-order valence-corrected chi connectivity index (χ2v) is 2.90. The minimum atomic E-state index is -2.31. The number of hydrogen-bond acceptors (Lipinski definition) is 2. The molecule has 1 unspecified atom stereocenters. The average Bonchev–Trinajstić information content (AvgIpc) is 1.83. The molecule has 0 radical (unpaired) electrons. The van der Waals surface area contributed by atoms with Crippen molar-refractivity contribution >= 4 is 11.8 Å². The van der Waals surface area contributed by atoms with Crippen LogP contribution in [0.2, 0.25) is 0 Å². The third-order valence-electron chi connectivity index (χ3n) is 0.818. The zero-order chi connectivity index (χ0) is 7.28. The van der Waals surface area contributed by atoms with Crippen LogP contribution in [0, 0.1) is 5.92 Å². The highest BCUT2D eigenvalue weighted by atomic mass is 32.2. The smallest absolute Gasteiger partial charge is 0.284 e. The topological polar surface area (TPSA) is 20.2 Å². The molecule has 0 saturated heterocycles. The van der Waals surface area contributed by atoms with E-state index in [-0.39, 0.29) is 12.5 Å². The fraction of sp³-hybridized carbons (Fsp3) is 1.00. The Hall–Kier alpha value is 0.170. The fourth-order valence-corrected chi connectivity index (χ4v) is 0.869. The number of aliphatic hydroxyl groups is 1. The van der Waals surface area contributed by atoms with E-state index in [9.17, 15) is 8.78 Å². The molecule has 1 N–H and O–H groups in total. The Bertz CT molecular complexity index is 70.0. The zero-order valence-electron chi connectivity index (χ0n) is 5.18. The van der Waals surface area contributed by atoms with Crippen molar-refractivity contribution in [1.82, 2.24) is 0 Å². The molecule has 4 heteroatoms. The van der Waals surface area contributed by atoms with Gasteiger partial charge in [-0.1, -0.05) is 18.7 Å². The van der Waals surface area contributed by atoms with Gasteiger partial charge in [0.1, 0.15) is 0 Å². The van der Waals surface area contributed by atoms with Crippen LogP contribution >= 0.6 is 11.8 Å². The molecule has 0 aromatic carbocycles. The molecule has 0 fully saturated rings. The molecule has 0 aliphatic carbocycles. The van der Waals surface area contributed by atoms with Gasteiger partial charge in [-0.05, 0) is 5.92 Å². The van der Waals surface area contributed by atoms with Crippen molar-refractivity contribution in [1.29, 1.82) is 0 Å². The van der Waals surface area contributed by atoms with Gasteiger partial charge < -0.3 is 5.11 Å². The average molecular weight is 156 g/mol. The van der Waals surface area contributed by atoms with E-state index in [0.29, 0.717) is 17.5 Å². The second-order valence-electron chi connectivity index (χ2n) is 1.88. The Labute approximate surface area is 57.4 Å². The van der Waals surface area contributed by atoms with Gasteiger partial charge in [-0.25, -0.2) is 0 Å². The summed E-state index contributed by atoms with van der Waals surface area (Å²) in [6.45, 7) is 1.72. The van der Waals surface area contributed by atoms with Crippen molar-refractivity contribution in [3.05, 3.63) is 0 Å². The Morgan fingerprint density at radius 1 is 1.56 bits per heavy atom. The molecule has 56 valence electrons. The SMILES string of the molecule is CC(CO)CSC(F)F. The van der Waals surface area contributed by atoms with E-state index in [1.807, 2.05) is 0 Å². The van der Waals surface area contributed by atoms with Crippen LogP contribution in [0.1, 0.15) is 6.92 Å². The molecule has 0 aromatic rings. The summed E-state index contributed by atoms with van der Waals surface area (Å²) in [5.41, 5.74) is 0. The van der Waals surface area contributed by atoms with Crippen molar-refractivity contribution in [3.63, 3.8) is 0 Å². The summed E-state index contributed by atoms with van der Waals surface area (Å²) < 4.78 is 22.8. The first-order valence-electron chi connectivity index (χ1n) is 2.67. The van der Waals surface area contributed by atoms with Crippen LogP contribution in [0.3, 0.4) is 0 Å². The summed E-state index contributed by atoms with van der Waals surface area (Å²) in [5, 5.41) is 8.39. The van der Waals surface area contributed by atoms with Gasteiger partial charge in [0.05, 0.1) is 0 Å². The van der Waals surface area contributed by atoms with Gasteiger partial charge in [-0.2, -0.15) is 8.78 Å². The highest BCUT2D eigenvalue weighted by molar-refractivity contribution is 7.99. The minimum Gasteiger partial charge on any atom is -0.396 e. The van der Waals surface area contributed by atoms with Crippen LogP contribution < -0.4 is 0 Å². The van der Waals surface area contributed by atoms with Gasteiger partial charge in [0.2, 0.25) is 0 Å². The Morgan fingerprint density at radius 3 is 2.44 bits per heavy atom. The van der Waals surface area contributed by atoms with Crippen LogP contribution in [0.4, 0.5) is 8.78 Å². The molecular formula is C5H10F2OS. The third kappa shape index (κ3) is 6.05. The Balaban J connectivity index is 3.06. The molecule has 0 aliphatic rings. The lowest BCUT2D eigenvalue weighted by atomic mass is 10.2. The highest BCUT2D eigenvalue weighted by Crippen LogP contribution is 2.16. The summed E-state index contributed by atoms with van der Waals surface area (Å²) in [6.07, 6.45) is 0. The molecular weight excluding hydrogens is 146 g/mol. The molecule has 0 aliphatic heterocycles. The van der Waals surface area contributed by atoms with Crippen molar-refractivity contribution in [3.8, 4) is 0 Å². The summed E-state index contributed by atoms with van der Waals surface area (Å²) >= 11 is 0.571. The molecule has 0 saturated carbocycles. The largest absolute Gasteiger partial charge is 0.396 e. The normalized spacial score (nSPS) is 14.3. The summed E-state index contributed by atoms with van der Waals surface area (Å²) in [6, 6.07) is 0. The Kier molecular flexibility index (Phi) is 5.09. The monoisotopic (exact) mass is 156 g/mol. The number of rotatable bonds is 4. The number of halogens is 2. The fourth-order valence-electron chi connectivity index (χ4n) is 0.290. The van der Waals surface area contributed by atoms with Gasteiger partial charge in [-0.15, -0.1) is 0 Å². The van der Waals surface area contributed by atoms with Gasteiger partial charge in [0.25, 0.3) is 5.76 Å². The maximum atomic E-state index is 11.4. The predicted octanol–water partition coefficient (Wildman–Crippen LogP) is 1.57. The quantitative estimate of drug-likeness (QED) is 0.666. The number of aliphatic hydroxyl groups excluding tert-OH is 1. The Morgan fingerprint density at radius 2 is 2.11 bits per heavy atom. The van der Waals surface area contributed by atoms with Crippen molar-refractivity contribution in [2.45, 2.75) is 12.7 Å².